The Balaban J connectivity index is 1.38. The Kier molecular flexibility index (Phi) is 6.81. The number of piperazine rings is 1. The third kappa shape index (κ3) is 5.07. The van der Waals surface area contributed by atoms with Gasteiger partial charge in [0.05, 0.1) is 12.8 Å². The van der Waals surface area contributed by atoms with Crippen molar-refractivity contribution in [3.63, 3.8) is 0 Å². The van der Waals surface area contributed by atoms with Gasteiger partial charge in [0, 0.05) is 38.4 Å². The van der Waals surface area contributed by atoms with Crippen LogP contribution in [0.2, 0.25) is 0 Å². The molecule has 1 saturated heterocycles. The van der Waals surface area contributed by atoms with E-state index in [4.69, 9.17) is 4.74 Å². The number of rotatable bonds is 8. The van der Waals surface area contributed by atoms with Crippen molar-refractivity contribution in [2.75, 3.05) is 44.2 Å². The van der Waals surface area contributed by atoms with E-state index in [1.807, 2.05) is 0 Å². The molecule has 1 aromatic heterocycles. The number of hydrogen-bond acceptors (Lipinski definition) is 6. The van der Waals surface area contributed by atoms with Crippen molar-refractivity contribution in [2.24, 2.45) is 0 Å². The van der Waals surface area contributed by atoms with Gasteiger partial charge in [-0.3, -0.25) is 4.90 Å². The molecule has 1 aliphatic heterocycles. The topological polar surface area (TPSA) is 63.5 Å². The number of carbonyl (C=O) groups is 1. The van der Waals surface area contributed by atoms with Gasteiger partial charge in [-0.15, -0.1) is 5.10 Å². The number of para-hydroxylation sites is 1. The van der Waals surface area contributed by atoms with Crippen LogP contribution in [-0.4, -0.2) is 65.2 Å². The molecular formula is C20H29N5O2. The Labute approximate surface area is 160 Å². The number of benzene rings is 1. The van der Waals surface area contributed by atoms with Gasteiger partial charge in [0.1, 0.15) is 0 Å². The Morgan fingerprint density at radius 3 is 2.59 bits per heavy atom. The fourth-order valence-electron chi connectivity index (χ4n) is 3.51. The first-order chi connectivity index (χ1) is 13.2. The van der Waals surface area contributed by atoms with Crippen molar-refractivity contribution < 1.29 is 9.53 Å². The largest absolute Gasteiger partial charge is 0.461 e. The van der Waals surface area contributed by atoms with Crippen molar-refractivity contribution in [3.05, 3.63) is 41.7 Å². The molecule has 0 amide bonds. The molecule has 27 heavy (non-hydrogen) atoms. The van der Waals surface area contributed by atoms with Crippen LogP contribution in [0.1, 0.15) is 35.8 Å². The van der Waals surface area contributed by atoms with Crippen LogP contribution in [0.4, 0.5) is 5.69 Å². The zero-order chi connectivity index (χ0) is 19.1. The van der Waals surface area contributed by atoms with Crippen molar-refractivity contribution in [1.82, 2.24) is 19.9 Å². The van der Waals surface area contributed by atoms with Crippen LogP contribution < -0.4 is 4.90 Å². The van der Waals surface area contributed by atoms with E-state index in [1.165, 1.54) is 17.4 Å². The van der Waals surface area contributed by atoms with Crippen molar-refractivity contribution >= 4 is 11.7 Å². The number of hydrogen-bond donors (Lipinski definition) is 0. The molecule has 7 nitrogen and oxygen atoms in total. The van der Waals surface area contributed by atoms with Crippen LogP contribution >= 0.6 is 0 Å². The quantitative estimate of drug-likeness (QED) is 0.524. The molecule has 0 bridgehead atoms. The SMILES string of the molecule is CCOC(=O)c1cnnn1CCCCN1CCN(c2ccccc2C)CC1. The minimum absolute atomic E-state index is 0.352. The summed E-state index contributed by atoms with van der Waals surface area (Å²) in [6.45, 7) is 10.4. The van der Waals surface area contributed by atoms with Gasteiger partial charge in [-0.1, -0.05) is 23.4 Å². The summed E-state index contributed by atoms with van der Waals surface area (Å²) >= 11 is 0. The van der Waals surface area contributed by atoms with Gasteiger partial charge < -0.3 is 9.64 Å². The first-order valence-corrected chi connectivity index (χ1v) is 9.77. The number of esters is 1. The van der Waals surface area contributed by atoms with Gasteiger partial charge in [0.2, 0.25) is 0 Å². The summed E-state index contributed by atoms with van der Waals surface area (Å²) in [4.78, 5) is 16.8. The molecule has 146 valence electrons. The predicted octanol–water partition coefficient (Wildman–Crippen LogP) is 2.37. The molecule has 3 rings (SSSR count). The molecule has 2 aromatic rings. The second-order valence-electron chi connectivity index (χ2n) is 6.89. The Morgan fingerprint density at radius 2 is 1.85 bits per heavy atom. The molecule has 0 unspecified atom stereocenters. The number of anilines is 1. The van der Waals surface area contributed by atoms with E-state index in [9.17, 15) is 4.79 Å². The Morgan fingerprint density at radius 1 is 1.11 bits per heavy atom. The maximum Gasteiger partial charge on any atom is 0.358 e. The maximum atomic E-state index is 11.8. The highest BCUT2D eigenvalue weighted by Gasteiger charge is 2.18. The van der Waals surface area contributed by atoms with Crippen LogP contribution in [-0.2, 0) is 11.3 Å². The van der Waals surface area contributed by atoms with Crippen LogP contribution in [0.3, 0.4) is 0 Å². The Hall–Kier alpha value is -2.41. The van der Waals surface area contributed by atoms with Gasteiger partial charge in [-0.05, 0) is 44.9 Å². The van der Waals surface area contributed by atoms with E-state index in [2.05, 4.69) is 51.3 Å². The van der Waals surface area contributed by atoms with E-state index < -0.39 is 0 Å². The monoisotopic (exact) mass is 371 g/mol. The summed E-state index contributed by atoms with van der Waals surface area (Å²) in [6, 6.07) is 8.60. The molecule has 0 saturated carbocycles. The third-order valence-corrected chi connectivity index (χ3v) is 5.02. The number of nitrogens with zero attached hydrogens (tertiary/aromatic N) is 5. The predicted molar refractivity (Wildman–Crippen MR) is 105 cm³/mol. The zero-order valence-corrected chi connectivity index (χ0v) is 16.3. The average Bonchev–Trinajstić information content (AvgIpc) is 3.15. The molecule has 2 heterocycles. The lowest BCUT2D eigenvalue weighted by molar-refractivity contribution is 0.0511. The molecule has 0 spiro atoms. The van der Waals surface area contributed by atoms with Gasteiger partial charge in [0.15, 0.2) is 5.69 Å². The van der Waals surface area contributed by atoms with Gasteiger partial charge >= 0.3 is 5.97 Å². The van der Waals surface area contributed by atoms with E-state index in [1.54, 1.807) is 11.6 Å². The lowest BCUT2D eigenvalue weighted by atomic mass is 10.1. The summed E-state index contributed by atoms with van der Waals surface area (Å²) in [5.41, 5.74) is 3.13. The molecule has 1 aliphatic rings. The van der Waals surface area contributed by atoms with Crippen LogP contribution in [0.15, 0.2) is 30.5 Å². The normalized spacial score (nSPS) is 15.1. The van der Waals surface area contributed by atoms with Gasteiger partial charge in [0.25, 0.3) is 0 Å². The Bertz CT molecular complexity index is 737. The second kappa shape index (κ2) is 9.50. The number of aryl methyl sites for hydroxylation is 2. The van der Waals surface area contributed by atoms with Gasteiger partial charge in [-0.2, -0.15) is 0 Å². The number of ether oxygens (including phenoxy) is 1. The van der Waals surface area contributed by atoms with Gasteiger partial charge in [-0.25, -0.2) is 9.48 Å². The second-order valence-corrected chi connectivity index (χ2v) is 6.89. The van der Waals surface area contributed by atoms with Crippen LogP contribution in [0, 0.1) is 6.92 Å². The van der Waals surface area contributed by atoms with E-state index >= 15 is 0 Å². The van der Waals surface area contributed by atoms with E-state index in [0.29, 0.717) is 18.8 Å². The fourth-order valence-corrected chi connectivity index (χ4v) is 3.51. The minimum Gasteiger partial charge on any atom is -0.461 e. The zero-order valence-electron chi connectivity index (χ0n) is 16.3. The first-order valence-electron chi connectivity index (χ1n) is 9.77. The minimum atomic E-state index is -0.352. The first kappa shape index (κ1) is 19.4. The molecule has 0 aliphatic carbocycles. The van der Waals surface area contributed by atoms with E-state index in [-0.39, 0.29) is 5.97 Å². The van der Waals surface area contributed by atoms with Crippen molar-refractivity contribution in [2.45, 2.75) is 33.2 Å². The molecule has 0 N–H and O–H groups in total. The number of aromatic nitrogens is 3. The van der Waals surface area contributed by atoms with Crippen molar-refractivity contribution in [1.29, 1.82) is 0 Å². The molecular weight excluding hydrogens is 342 g/mol. The van der Waals surface area contributed by atoms with Crippen LogP contribution in [0.5, 0.6) is 0 Å². The summed E-state index contributed by atoms with van der Waals surface area (Å²) in [7, 11) is 0. The lowest BCUT2D eigenvalue weighted by Gasteiger charge is -2.36. The smallest absolute Gasteiger partial charge is 0.358 e. The molecule has 1 aromatic carbocycles. The highest BCUT2D eigenvalue weighted by molar-refractivity contribution is 5.87. The molecule has 0 atom stereocenters. The van der Waals surface area contributed by atoms with Crippen LogP contribution in [0.25, 0.3) is 0 Å². The van der Waals surface area contributed by atoms with E-state index in [0.717, 1.165) is 45.6 Å². The molecule has 0 radical (unpaired) electrons. The summed E-state index contributed by atoms with van der Waals surface area (Å²) in [6.07, 6.45) is 3.52. The summed E-state index contributed by atoms with van der Waals surface area (Å²) < 4.78 is 6.68. The standard InChI is InChI=1S/C20H29N5O2/c1-3-27-20(26)19-16-21-22-25(19)11-7-6-10-23-12-14-24(15-13-23)18-9-5-4-8-17(18)2/h4-5,8-9,16H,3,6-7,10-15H2,1-2H3. The van der Waals surface area contributed by atoms with Crippen molar-refractivity contribution in [3.8, 4) is 0 Å². The summed E-state index contributed by atoms with van der Waals surface area (Å²) in [5, 5.41) is 7.84. The highest BCUT2D eigenvalue weighted by Crippen LogP contribution is 2.20. The molecule has 1 fully saturated rings. The number of unbranched alkanes of at least 4 members (excludes halogenated alkanes) is 1. The highest BCUT2D eigenvalue weighted by atomic mass is 16.5. The molecule has 7 heteroatoms. The number of carbonyl (C=O) groups excluding carboxylic acids is 1. The summed E-state index contributed by atoms with van der Waals surface area (Å²) in [5.74, 6) is -0.352. The lowest BCUT2D eigenvalue weighted by Crippen LogP contribution is -2.46. The third-order valence-electron chi connectivity index (χ3n) is 5.02. The average molecular weight is 371 g/mol. The maximum absolute atomic E-state index is 11.8. The fraction of sp³-hybridized carbons (Fsp3) is 0.550.